The number of benzene rings is 1. The van der Waals surface area contributed by atoms with Gasteiger partial charge in [-0.05, 0) is 49.1 Å². The van der Waals surface area contributed by atoms with E-state index in [2.05, 4.69) is 14.9 Å². The first-order chi connectivity index (χ1) is 13.6. The van der Waals surface area contributed by atoms with Crippen LogP contribution in [-0.2, 0) is 0 Å². The van der Waals surface area contributed by atoms with Gasteiger partial charge in [-0.25, -0.2) is 13.9 Å². The molecular weight excluding hydrogens is 381 g/mol. The van der Waals surface area contributed by atoms with Gasteiger partial charge < -0.3 is 14.9 Å². The second-order valence-corrected chi connectivity index (χ2v) is 7.90. The molecule has 2 fully saturated rings. The fourth-order valence-electron chi connectivity index (χ4n) is 4.33. The first-order valence-corrected chi connectivity index (χ1v) is 9.97. The molecular formula is C20H21ClFN5O. The van der Waals surface area contributed by atoms with E-state index in [4.69, 9.17) is 16.6 Å². The number of β-amino-alcohol motifs (C(OH)–C–C–N with tert-alkyl or cyclic N) is 1. The molecule has 0 amide bonds. The molecule has 5 rings (SSSR count). The molecule has 2 aliphatic heterocycles. The summed E-state index contributed by atoms with van der Waals surface area (Å²) in [6, 6.07) is 6.47. The molecule has 4 heterocycles. The minimum absolute atomic E-state index is 0.00173. The Morgan fingerprint density at radius 3 is 2.89 bits per heavy atom. The maximum absolute atomic E-state index is 13.8. The molecule has 2 atom stereocenters. The van der Waals surface area contributed by atoms with Crippen LogP contribution >= 0.6 is 11.6 Å². The van der Waals surface area contributed by atoms with Crippen LogP contribution in [0.15, 0.2) is 36.7 Å². The number of hydrogen-bond acceptors (Lipinski definition) is 5. The molecule has 2 saturated heterocycles. The second-order valence-electron chi connectivity index (χ2n) is 7.49. The average Bonchev–Trinajstić information content (AvgIpc) is 3.42. The Hall–Kier alpha value is -2.38. The smallest absolute Gasteiger partial charge is 0.180 e. The number of fused-ring (bicyclic) bond motifs is 1. The number of aromatic nitrogens is 3. The summed E-state index contributed by atoms with van der Waals surface area (Å²) in [7, 11) is 0. The van der Waals surface area contributed by atoms with E-state index in [0.29, 0.717) is 11.6 Å². The van der Waals surface area contributed by atoms with Crippen molar-refractivity contribution in [3.05, 3.63) is 53.1 Å². The number of aliphatic hydroxyl groups is 1. The monoisotopic (exact) mass is 401 g/mol. The zero-order valence-corrected chi connectivity index (χ0v) is 16.1. The summed E-state index contributed by atoms with van der Waals surface area (Å²) in [6.45, 7) is 2.23. The molecule has 1 N–H and O–H groups in total. The van der Waals surface area contributed by atoms with E-state index in [9.17, 15) is 9.50 Å². The zero-order chi connectivity index (χ0) is 19.3. The summed E-state index contributed by atoms with van der Waals surface area (Å²) in [5, 5.41) is 14.8. The van der Waals surface area contributed by atoms with Crippen molar-refractivity contribution < 1.29 is 9.50 Å². The Kier molecular flexibility index (Phi) is 4.36. The Morgan fingerprint density at radius 2 is 2.07 bits per heavy atom. The summed E-state index contributed by atoms with van der Waals surface area (Å²) < 4.78 is 15.6. The highest BCUT2D eigenvalue weighted by Gasteiger charge is 2.30. The molecule has 2 aliphatic rings. The normalized spacial score (nSPS) is 22.5. The minimum Gasteiger partial charge on any atom is -0.391 e. The largest absolute Gasteiger partial charge is 0.391 e. The standard InChI is InChI=1S/C20H21ClFN5O/c21-16-4-3-13(22)10-15(16)17-2-1-7-26(17)19-6-9-27-20(24-19)18(11-23-27)25-8-5-14(28)12-25/h3-4,6,9-11,14,17,28H,1-2,5,7-8,12H2/t14-,17+/m0/s1. The molecule has 8 heteroatoms. The van der Waals surface area contributed by atoms with Crippen molar-refractivity contribution in [3.8, 4) is 0 Å². The van der Waals surface area contributed by atoms with Gasteiger partial charge >= 0.3 is 0 Å². The van der Waals surface area contributed by atoms with E-state index in [1.807, 2.05) is 12.3 Å². The Labute approximate surface area is 167 Å². The molecule has 1 aromatic carbocycles. The Morgan fingerprint density at radius 1 is 1.18 bits per heavy atom. The second kappa shape index (κ2) is 6.90. The van der Waals surface area contributed by atoms with Crippen LogP contribution in [0.4, 0.5) is 15.9 Å². The average molecular weight is 402 g/mol. The Bertz CT molecular complexity index is 1020. The highest BCUT2D eigenvalue weighted by Crippen LogP contribution is 2.39. The van der Waals surface area contributed by atoms with Crippen LogP contribution in [0.1, 0.15) is 30.9 Å². The summed E-state index contributed by atoms with van der Waals surface area (Å²) in [5.41, 5.74) is 2.50. The van der Waals surface area contributed by atoms with E-state index in [1.54, 1.807) is 16.8 Å². The molecule has 0 radical (unpaired) electrons. The van der Waals surface area contributed by atoms with Crippen molar-refractivity contribution in [2.24, 2.45) is 0 Å². The van der Waals surface area contributed by atoms with Crippen LogP contribution in [0.3, 0.4) is 0 Å². The predicted octanol–water partition coefficient (Wildman–Crippen LogP) is 3.43. The van der Waals surface area contributed by atoms with Crippen LogP contribution in [0.2, 0.25) is 5.02 Å². The number of halogens is 2. The van der Waals surface area contributed by atoms with Crippen LogP contribution in [0.5, 0.6) is 0 Å². The zero-order valence-electron chi connectivity index (χ0n) is 15.3. The summed E-state index contributed by atoms with van der Waals surface area (Å²) in [6.07, 6.45) is 6.04. The number of hydrogen-bond donors (Lipinski definition) is 1. The lowest BCUT2D eigenvalue weighted by atomic mass is 10.0. The number of nitrogens with zero attached hydrogens (tertiary/aromatic N) is 5. The summed E-state index contributed by atoms with van der Waals surface area (Å²) in [5.74, 6) is 0.553. The highest BCUT2D eigenvalue weighted by molar-refractivity contribution is 6.31. The van der Waals surface area contributed by atoms with Gasteiger partial charge in [-0.1, -0.05) is 11.6 Å². The number of anilines is 2. The molecule has 0 saturated carbocycles. The molecule has 28 heavy (non-hydrogen) atoms. The molecule has 146 valence electrons. The van der Waals surface area contributed by atoms with Gasteiger partial charge in [0.05, 0.1) is 18.3 Å². The fraction of sp³-hybridized carbons (Fsp3) is 0.400. The van der Waals surface area contributed by atoms with Crippen LogP contribution in [-0.4, -0.2) is 45.4 Å². The van der Waals surface area contributed by atoms with E-state index in [1.165, 1.54) is 12.1 Å². The predicted molar refractivity (Wildman–Crippen MR) is 107 cm³/mol. The van der Waals surface area contributed by atoms with Crippen molar-refractivity contribution in [2.75, 3.05) is 29.4 Å². The topological polar surface area (TPSA) is 56.9 Å². The van der Waals surface area contributed by atoms with Crippen molar-refractivity contribution in [1.29, 1.82) is 0 Å². The fourth-order valence-corrected chi connectivity index (χ4v) is 4.57. The van der Waals surface area contributed by atoms with Gasteiger partial charge in [0, 0.05) is 30.9 Å². The van der Waals surface area contributed by atoms with Gasteiger partial charge in [0.15, 0.2) is 5.65 Å². The van der Waals surface area contributed by atoms with Crippen LogP contribution in [0, 0.1) is 5.82 Å². The summed E-state index contributed by atoms with van der Waals surface area (Å²) >= 11 is 6.37. The summed E-state index contributed by atoms with van der Waals surface area (Å²) in [4.78, 5) is 9.19. The van der Waals surface area contributed by atoms with Crippen molar-refractivity contribution in [3.63, 3.8) is 0 Å². The van der Waals surface area contributed by atoms with E-state index in [-0.39, 0.29) is 18.0 Å². The number of rotatable bonds is 3. The van der Waals surface area contributed by atoms with Gasteiger partial charge in [0.2, 0.25) is 0 Å². The minimum atomic E-state index is -0.309. The maximum atomic E-state index is 13.8. The first kappa shape index (κ1) is 17.7. The molecule has 2 aromatic heterocycles. The molecule has 0 unspecified atom stereocenters. The van der Waals surface area contributed by atoms with Gasteiger partial charge in [-0.2, -0.15) is 5.10 Å². The van der Waals surface area contributed by atoms with Crippen molar-refractivity contribution in [2.45, 2.75) is 31.4 Å². The quantitative estimate of drug-likeness (QED) is 0.728. The molecule has 0 aliphatic carbocycles. The molecule has 0 bridgehead atoms. The van der Waals surface area contributed by atoms with E-state index in [0.717, 1.165) is 55.1 Å². The van der Waals surface area contributed by atoms with Gasteiger partial charge in [0.1, 0.15) is 17.3 Å². The Balaban J connectivity index is 1.52. The first-order valence-electron chi connectivity index (χ1n) is 9.59. The lowest BCUT2D eigenvalue weighted by Crippen LogP contribution is -2.24. The highest BCUT2D eigenvalue weighted by atomic mass is 35.5. The van der Waals surface area contributed by atoms with Crippen LogP contribution in [0.25, 0.3) is 5.65 Å². The van der Waals surface area contributed by atoms with Gasteiger partial charge in [0.25, 0.3) is 0 Å². The third-order valence-electron chi connectivity index (χ3n) is 5.70. The SMILES string of the molecule is O[C@H]1CCN(c2cnn3ccc(N4CCC[C@@H]4c4cc(F)ccc4Cl)nc23)C1. The molecule has 3 aromatic rings. The lowest BCUT2D eigenvalue weighted by Gasteiger charge is -2.27. The third kappa shape index (κ3) is 2.99. The number of aliphatic hydroxyl groups excluding tert-OH is 1. The molecule has 6 nitrogen and oxygen atoms in total. The van der Waals surface area contributed by atoms with E-state index < -0.39 is 0 Å². The molecule has 0 spiro atoms. The van der Waals surface area contributed by atoms with Crippen LogP contribution < -0.4 is 9.80 Å². The van der Waals surface area contributed by atoms with Crippen molar-refractivity contribution in [1.82, 2.24) is 14.6 Å². The van der Waals surface area contributed by atoms with E-state index >= 15 is 0 Å². The third-order valence-corrected chi connectivity index (χ3v) is 6.05. The van der Waals surface area contributed by atoms with Gasteiger partial charge in [-0.15, -0.1) is 0 Å². The maximum Gasteiger partial charge on any atom is 0.180 e. The van der Waals surface area contributed by atoms with Crippen molar-refractivity contribution >= 4 is 28.8 Å². The lowest BCUT2D eigenvalue weighted by molar-refractivity contribution is 0.198. The van der Waals surface area contributed by atoms with Gasteiger partial charge in [-0.3, -0.25) is 0 Å².